The minimum atomic E-state index is 0. The summed E-state index contributed by atoms with van der Waals surface area (Å²) >= 11 is 0. The van der Waals surface area contributed by atoms with E-state index in [2.05, 4.69) is 58.6 Å². The van der Waals surface area contributed by atoms with Crippen molar-refractivity contribution in [1.82, 2.24) is 15.5 Å². The van der Waals surface area contributed by atoms with Crippen LogP contribution in [0.5, 0.6) is 0 Å². The van der Waals surface area contributed by atoms with Crippen molar-refractivity contribution in [2.24, 2.45) is 10.9 Å². The Bertz CT molecular complexity index is 514. The number of hydrogen-bond acceptors (Lipinski definition) is 2. The van der Waals surface area contributed by atoms with Crippen molar-refractivity contribution in [3.63, 3.8) is 0 Å². The van der Waals surface area contributed by atoms with Gasteiger partial charge in [-0.05, 0) is 19.4 Å². The van der Waals surface area contributed by atoms with Crippen molar-refractivity contribution in [1.29, 1.82) is 0 Å². The van der Waals surface area contributed by atoms with Crippen molar-refractivity contribution >= 4 is 35.8 Å². The molecule has 0 aliphatic rings. The van der Waals surface area contributed by atoms with E-state index in [4.69, 9.17) is 0 Å². The molecule has 0 unspecified atom stereocenters. The lowest BCUT2D eigenvalue weighted by atomic mass is 10.1. The highest BCUT2D eigenvalue weighted by Gasteiger charge is 2.07. The molecule has 0 atom stereocenters. The molecule has 2 N–H and O–H groups in total. The Labute approximate surface area is 163 Å². The molecule has 0 radical (unpaired) electrons. The summed E-state index contributed by atoms with van der Waals surface area (Å²) in [6.45, 7) is 10.7. The van der Waals surface area contributed by atoms with E-state index < -0.39 is 0 Å². The maximum Gasteiger partial charge on any atom is 0.222 e. The minimum absolute atomic E-state index is 0. The molecule has 0 aromatic heterocycles. The fourth-order valence-electron chi connectivity index (χ4n) is 2.06. The fourth-order valence-corrected chi connectivity index (χ4v) is 2.06. The van der Waals surface area contributed by atoms with Crippen LogP contribution in [0.2, 0.25) is 0 Å². The third kappa shape index (κ3) is 8.52. The Morgan fingerprint density at radius 2 is 1.83 bits per heavy atom. The topological polar surface area (TPSA) is 56.7 Å². The molecule has 1 rings (SSSR count). The molecule has 0 aliphatic heterocycles. The lowest BCUT2D eigenvalue weighted by Gasteiger charge is -2.22. The van der Waals surface area contributed by atoms with Crippen LogP contribution in [0.15, 0.2) is 29.3 Å². The van der Waals surface area contributed by atoms with Gasteiger partial charge in [0.05, 0.1) is 6.54 Å². The monoisotopic (exact) mass is 446 g/mol. The molecule has 0 fully saturated rings. The number of carbonyl (C=O) groups excluding carboxylic acids is 1. The second-order valence-corrected chi connectivity index (χ2v) is 6.02. The van der Waals surface area contributed by atoms with Gasteiger partial charge in [0.2, 0.25) is 5.91 Å². The standard InChI is InChI=1S/C18H30N4O.HI/c1-6-19-18(21-12-11-20-17(23)14(2)3)22(5)13-16-9-7-15(4)8-10-16;/h7-10,14H,6,11-13H2,1-5H3,(H,19,21)(H,20,23);1H. The molecule has 0 spiro atoms. The Morgan fingerprint density at radius 3 is 2.38 bits per heavy atom. The van der Waals surface area contributed by atoms with Crippen LogP contribution in [0.4, 0.5) is 0 Å². The fraction of sp³-hybridized carbons (Fsp3) is 0.556. The molecule has 6 heteroatoms. The van der Waals surface area contributed by atoms with Gasteiger partial charge in [-0.1, -0.05) is 43.7 Å². The van der Waals surface area contributed by atoms with Crippen molar-refractivity contribution in [2.75, 3.05) is 26.7 Å². The summed E-state index contributed by atoms with van der Waals surface area (Å²) in [7, 11) is 2.02. The van der Waals surface area contributed by atoms with Gasteiger partial charge in [-0.2, -0.15) is 0 Å². The lowest BCUT2D eigenvalue weighted by Crippen LogP contribution is -2.39. The summed E-state index contributed by atoms with van der Waals surface area (Å²) in [5.74, 6) is 0.932. The summed E-state index contributed by atoms with van der Waals surface area (Å²) in [5, 5.41) is 6.17. The van der Waals surface area contributed by atoms with Gasteiger partial charge in [-0.25, -0.2) is 0 Å². The molecule has 0 saturated heterocycles. The van der Waals surface area contributed by atoms with E-state index >= 15 is 0 Å². The van der Waals surface area contributed by atoms with Gasteiger partial charge in [0, 0.05) is 32.6 Å². The molecule has 1 aromatic rings. The minimum Gasteiger partial charge on any atom is -0.357 e. The van der Waals surface area contributed by atoms with Gasteiger partial charge in [0.15, 0.2) is 5.96 Å². The van der Waals surface area contributed by atoms with E-state index in [1.165, 1.54) is 11.1 Å². The number of carbonyl (C=O) groups is 1. The van der Waals surface area contributed by atoms with Crippen LogP contribution in [0.25, 0.3) is 0 Å². The van der Waals surface area contributed by atoms with E-state index in [1.807, 2.05) is 20.9 Å². The predicted molar refractivity (Wildman–Crippen MR) is 112 cm³/mol. The number of rotatable bonds is 7. The summed E-state index contributed by atoms with van der Waals surface area (Å²) in [4.78, 5) is 18.2. The van der Waals surface area contributed by atoms with Crippen molar-refractivity contribution in [3.05, 3.63) is 35.4 Å². The number of guanidine groups is 1. The summed E-state index contributed by atoms with van der Waals surface area (Å²) < 4.78 is 0. The van der Waals surface area contributed by atoms with E-state index in [1.54, 1.807) is 0 Å². The average molecular weight is 446 g/mol. The Hall–Kier alpha value is -1.31. The number of nitrogens with one attached hydrogen (secondary N) is 2. The second kappa shape index (κ2) is 12.1. The van der Waals surface area contributed by atoms with Crippen molar-refractivity contribution in [3.8, 4) is 0 Å². The first-order valence-corrected chi connectivity index (χ1v) is 8.26. The Balaban J connectivity index is 0.00000529. The maximum absolute atomic E-state index is 11.5. The molecule has 0 heterocycles. The van der Waals surface area contributed by atoms with Crippen LogP contribution in [-0.4, -0.2) is 43.4 Å². The lowest BCUT2D eigenvalue weighted by molar-refractivity contribution is -0.123. The third-order valence-corrected chi connectivity index (χ3v) is 3.43. The van der Waals surface area contributed by atoms with Gasteiger partial charge >= 0.3 is 0 Å². The van der Waals surface area contributed by atoms with Gasteiger partial charge < -0.3 is 15.5 Å². The number of amides is 1. The second-order valence-electron chi connectivity index (χ2n) is 6.02. The van der Waals surface area contributed by atoms with E-state index in [0.29, 0.717) is 13.1 Å². The molecular formula is C18H31IN4O. The van der Waals surface area contributed by atoms with Crippen LogP contribution in [-0.2, 0) is 11.3 Å². The molecule has 1 amide bonds. The van der Waals surface area contributed by atoms with E-state index in [-0.39, 0.29) is 35.8 Å². The number of benzene rings is 1. The Morgan fingerprint density at radius 1 is 1.21 bits per heavy atom. The number of aryl methyl sites for hydroxylation is 1. The molecule has 0 bridgehead atoms. The van der Waals surface area contributed by atoms with Crippen molar-refractivity contribution < 1.29 is 4.79 Å². The highest BCUT2D eigenvalue weighted by atomic mass is 127. The van der Waals surface area contributed by atoms with Gasteiger partial charge in [-0.15, -0.1) is 24.0 Å². The number of nitrogens with zero attached hydrogens (tertiary/aromatic N) is 2. The first-order chi connectivity index (χ1) is 10.9. The SMILES string of the molecule is CCNC(=NCCNC(=O)C(C)C)N(C)Cc1ccc(C)cc1.I. The Kier molecular flexibility index (Phi) is 11.4. The van der Waals surface area contributed by atoms with E-state index in [9.17, 15) is 4.79 Å². The zero-order valence-corrected chi connectivity index (χ0v) is 17.8. The van der Waals surface area contributed by atoms with Crippen LogP contribution >= 0.6 is 24.0 Å². The quantitative estimate of drug-likeness (QED) is 0.293. The predicted octanol–water partition coefficient (Wildman–Crippen LogP) is 2.78. The highest BCUT2D eigenvalue weighted by molar-refractivity contribution is 14.0. The number of aliphatic imine (C=N–C) groups is 1. The van der Waals surface area contributed by atoms with Gasteiger partial charge in [0.1, 0.15) is 0 Å². The van der Waals surface area contributed by atoms with Crippen LogP contribution < -0.4 is 10.6 Å². The molecule has 0 aliphatic carbocycles. The number of hydrogen-bond donors (Lipinski definition) is 2. The molecule has 5 nitrogen and oxygen atoms in total. The molecule has 1 aromatic carbocycles. The summed E-state index contributed by atoms with van der Waals surface area (Å²) in [6.07, 6.45) is 0. The first kappa shape index (κ1) is 22.7. The van der Waals surface area contributed by atoms with Gasteiger partial charge in [0.25, 0.3) is 0 Å². The molecule has 0 saturated carbocycles. The zero-order valence-electron chi connectivity index (χ0n) is 15.4. The average Bonchev–Trinajstić information content (AvgIpc) is 2.52. The normalized spacial score (nSPS) is 11.0. The number of halogens is 1. The van der Waals surface area contributed by atoms with Crippen LogP contribution in [0, 0.1) is 12.8 Å². The summed E-state index contributed by atoms with van der Waals surface area (Å²) in [6, 6.07) is 8.51. The zero-order chi connectivity index (χ0) is 17.2. The largest absolute Gasteiger partial charge is 0.357 e. The maximum atomic E-state index is 11.5. The highest BCUT2D eigenvalue weighted by Crippen LogP contribution is 2.06. The van der Waals surface area contributed by atoms with E-state index in [0.717, 1.165) is 19.0 Å². The first-order valence-electron chi connectivity index (χ1n) is 8.26. The van der Waals surface area contributed by atoms with Gasteiger partial charge in [-0.3, -0.25) is 9.79 Å². The van der Waals surface area contributed by atoms with Crippen molar-refractivity contribution in [2.45, 2.75) is 34.2 Å². The molecule has 136 valence electrons. The third-order valence-electron chi connectivity index (χ3n) is 3.43. The summed E-state index contributed by atoms with van der Waals surface area (Å²) in [5.41, 5.74) is 2.51. The smallest absolute Gasteiger partial charge is 0.222 e. The molecular weight excluding hydrogens is 415 g/mol. The van der Waals surface area contributed by atoms with Crippen LogP contribution in [0.3, 0.4) is 0 Å². The molecule has 24 heavy (non-hydrogen) atoms. The van der Waals surface area contributed by atoms with Crippen LogP contribution in [0.1, 0.15) is 31.9 Å².